The Balaban J connectivity index is 2.67. The normalized spacial score (nSPS) is 11.8. The van der Waals surface area contributed by atoms with Crippen molar-refractivity contribution in [3.05, 3.63) is 34.7 Å². The number of amides is 2. The minimum absolute atomic E-state index is 0.123. The van der Waals surface area contributed by atoms with Crippen molar-refractivity contribution in [2.75, 3.05) is 6.54 Å². The molecule has 0 saturated heterocycles. The number of hydrogen-bond donors (Lipinski definition) is 3. The number of primary amides is 2. The summed E-state index contributed by atoms with van der Waals surface area (Å²) in [5.74, 6) is -1.14. The highest BCUT2D eigenvalue weighted by atomic mass is 16.3. The molecular formula is C11H14N4O3. The van der Waals surface area contributed by atoms with Gasteiger partial charge >= 0.3 is 0 Å². The number of benzene rings is 1. The summed E-state index contributed by atoms with van der Waals surface area (Å²) in [4.78, 5) is 32.0. The molecule has 0 aliphatic rings. The van der Waals surface area contributed by atoms with Crippen LogP contribution in [-0.4, -0.2) is 24.4 Å². The Morgan fingerprint density at radius 3 is 2.28 bits per heavy atom. The highest BCUT2D eigenvalue weighted by Crippen LogP contribution is 2.13. The molecule has 1 aromatic rings. The van der Waals surface area contributed by atoms with Crippen LogP contribution in [0.1, 0.15) is 5.56 Å². The van der Waals surface area contributed by atoms with Gasteiger partial charge in [-0.15, -0.1) is 4.91 Å². The molecule has 0 bridgehead atoms. The van der Waals surface area contributed by atoms with E-state index in [9.17, 15) is 14.5 Å². The Bertz CT molecular complexity index is 444. The van der Waals surface area contributed by atoms with E-state index in [0.717, 1.165) is 5.56 Å². The van der Waals surface area contributed by atoms with E-state index in [1.165, 1.54) is 12.1 Å². The van der Waals surface area contributed by atoms with E-state index in [4.69, 9.17) is 11.5 Å². The predicted molar refractivity (Wildman–Crippen MR) is 65.8 cm³/mol. The molecule has 0 spiro atoms. The standard InChI is InChI=1S/C11H14N4O3/c12-10(16)6-14-9(11(13)17)5-7-1-3-8(15-18)4-2-7/h1-4,9,14H,5-6H2,(H2,12,16)(H2,13,17). The highest BCUT2D eigenvalue weighted by Gasteiger charge is 2.15. The molecule has 0 aliphatic heterocycles. The number of carbonyl (C=O) groups is 2. The number of carbonyl (C=O) groups excluding carboxylic acids is 2. The van der Waals surface area contributed by atoms with Crippen LogP contribution in [-0.2, 0) is 16.0 Å². The van der Waals surface area contributed by atoms with Gasteiger partial charge in [-0.25, -0.2) is 0 Å². The van der Waals surface area contributed by atoms with Crippen LogP contribution in [0.3, 0.4) is 0 Å². The third-order valence-electron chi connectivity index (χ3n) is 2.35. The Kier molecular flexibility index (Phi) is 4.94. The van der Waals surface area contributed by atoms with E-state index >= 15 is 0 Å². The molecule has 0 heterocycles. The number of nitrogens with zero attached hydrogens (tertiary/aromatic N) is 1. The Hall–Kier alpha value is -2.28. The predicted octanol–water partition coefficient (Wildman–Crippen LogP) is -0.444. The van der Waals surface area contributed by atoms with Gasteiger partial charge in [0.05, 0.1) is 12.6 Å². The minimum Gasteiger partial charge on any atom is -0.369 e. The summed E-state index contributed by atoms with van der Waals surface area (Å²) >= 11 is 0. The molecule has 2 amide bonds. The molecule has 7 heteroatoms. The second-order valence-electron chi connectivity index (χ2n) is 3.76. The summed E-state index contributed by atoms with van der Waals surface area (Å²) in [6.45, 7) is -0.123. The molecule has 18 heavy (non-hydrogen) atoms. The van der Waals surface area contributed by atoms with E-state index < -0.39 is 17.9 Å². The lowest BCUT2D eigenvalue weighted by Crippen LogP contribution is -2.46. The van der Waals surface area contributed by atoms with Crippen molar-refractivity contribution in [1.82, 2.24) is 5.32 Å². The van der Waals surface area contributed by atoms with Crippen molar-refractivity contribution in [2.24, 2.45) is 16.6 Å². The topological polar surface area (TPSA) is 128 Å². The molecule has 5 N–H and O–H groups in total. The van der Waals surface area contributed by atoms with E-state index in [1.54, 1.807) is 12.1 Å². The zero-order valence-electron chi connectivity index (χ0n) is 9.63. The van der Waals surface area contributed by atoms with Crippen molar-refractivity contribution < 1.29 is 9.59 Å². The third kappa shape index (κ3) is 4.30. The molecule has 0 radical (unpaired) electrons. The van der Waals surface area contributed by atoms with Gasteiger partial charge in [0.15, 0.2) is 0 Å². The van der Waals surface area contributed by atoms with Crippen molar-refractivity contribution >= 4 is 17.5 Å². The van der Waals surface area contributed by atoms with Crippen molar-refractivity contribution in [3.8, 4) is 0 Å². The quantitative estimate of drug-likeness (QED) is 0.566. The molecule has 0 fully saturated rings. The summed E-state index contributed by atoms with van der Waals surface area (Å²) < 4.78 is 0. The molecule has 7 nitrogen and oxygen atoms in total. The van der Waals surface area contributed by atoms with Crippen LogP contribution in [0.5, 0.6) is 0 Å². The van der Waals surface area contributed by atoms with E-state index in [0.29, 0.717) is 12.1 Å². The first-order chi connectivity index (χ1) is 8.52. The maximum Gasteiger partial charge on any atom is 0.234 e. The zero-order chi connectivity index (χ0) is 13.5. The Morgan fingerprint density at radius 1 is 1.22 bits per heavy atom. The van der Waals surface area contributed by atoms with Crippen molar-refractivity contribution in [3.63, 3.8) is 0 Å². The van der Waals surface area contributed by atoms with Crippen LogP contribution >= 0.6 is 0 Å². The van der Waals surface area contributed by atoms with Gasteiger partial charge in [0.2, 0.25) is 11.8 Å². The molecule has 1 atom stereocenters. The lowest BCUT2D eigenvalue weighted by Gasteiger charge is -2.14. The van der Waals surface area contributed by atoms with Crippen LogP contribution in [0.25, 0.3) is 0 Å². The monoisotopic (exact) mass is 250 g/mol. The number of rotatable bonds is 7. The van der Waals surface area contributed by atoms with Gasteiger partial charge in [-0.3, -0.25) is 14.9 Å². The first-order valence-electron chi connectivity index (χ1n) is 5.26. The van der Waals surface area contributed by atoms with Gasteiger partial charge in [0.1, 0.15) is 5.69 Å². The number of nitroso groups, excluding NO2 is 1. The van der Waals surface area contributed by atoms with Crippen molar-refractivity contribution in [2.45, 2.75) is 12.5 Å². The van der Waals surface area contributed by atoms with Crippen LogP contribution in [0.15, 0.2) is 29.4 Å². The zero-order valence-corrected chi connectivity index (χ0v) is 9.63. The average molecular weight is 250 g/mol. The summed E-state index contributed by atoms with van der Waals surface area (Å²) in [6, 6.07) is 5.72. The van der Waals surface area contributed by atoms with E-state index in [-0.39, 0.29) is 6.54 Å². The second-order valence-corrected chi connectivity index (χ2v) is 3.76. The minimum atomic E-state index is -0.687. The lowest BCUT2D eigenvalue weighted by molar-refractivity contribution is -0.120. The highest BCUT2D eigenvalue weighted by molar-refractivity contribution is 5.82. The van der Waals surface area contributed by atoms with Gasteiger partial charge < -0.3 is 11.5 Å². The summed E-state index contributed by atoms with van der Waals surface area (Å²) in [7, 11) is 0. The SMILES string of the molecule is NC(=O)CNC(Cc1ccc(N=O)cc1)C(N)=O. The molecule has 0 aliphatic carbocycles. The molecular weight excluding hydrogens is 236 g/mol. The molecule has 1 rings (SSSR count). The summed E-state index contributed by atoms with van der Waals surface area (Å²) in [6.07, 6.45) is 0.307. The van der Waals surface area contributed by atoms with Gasteiger partial charge in [0.25, 0.3) is 0 Å². The van der Waals surface area contributed by atoms with E-state index in [2.05, 4.69) is 10.5 Å². The van der Waals surface area contributed by atoms with Gasteiger partial charge in [0, 0.05) is 0 Å². The van der Waals surface area contributed by atoms with Gasteiger partial charge in [-0.2, -0.15) is 0 Å². The van der Waals surface area contributed by atoms with Crippen LogP contribution in [0.2, 0.25) is 0 Å². The van der Waals surface area contributed by atoms with E-state index in [1.807, 2.05) is 0 Å². The first kappa shape index (κ1) is 13.8. The summed E-state index contributed by atoms with van der Waals surface area (Å²) in [5, 5.41) is 5.43. The molecule has 1 unspecified atom stereocenters. The fourth-order valence-electron chi connectivity index (χ4n) is 1.43. The smallest absolute Gasteiger partial charge is 0.234 e. The molecule has 0 aromatic heterocycles. The number of nitrogens with two attached hydrogens (primary N) is 2. The third-order valence-corrected chi connectivity index (χ3v) is 2.35. The van der Waals surface area contributed by atoms with Crippen LogP contribution in [0, 0.1) is 4.91 Å². The fourth-order valence-corrected chi connectivity index (χ4v) is 1.43. The maximum absolute atomic E-state index is 11.2. The van der Waals surface area contributed by atoms with Crippen molar-refractivity contribution in [1.29, 1.82) is 0 Å². The summed E-state index contributed by atoms with van der Waals surface area (Å²) in [5.41, 5.74) is 11.3. The molecule has 96 valence electrons. The largest absolute Gasteiger partial charge is 0.369 e. The van der Waals surface area contributed by atoms with Crippen LogP contribution in [0.4, 0.5) is 5.69 Å². The van der Waals surface area contributed by atoms with Gasteiger partial charge in [-0.05, 0) is 29.3 Å². The molecule has 1 aromatic carbocycles. The molecule has 0 saturated carbocycles. The fraction of sp³-hybridized carbons (Fsp3) is 0.273. The maximum atomic E-state index is 11.2. The second kappa shape index (κ2) is 6.45. The van der Waals surface area contributed by atoms with Gasteiger partial charge in [-0.1, -0.05) is 12.1 Å². The lowest BCUT2D eigenvalue weighted by atomic mass is 10.1. The number of hydrogen-bond acceptors (Lipinski definition) is 5. The Morgan fingerprint density at radius 2 is 1.83 bits per heavy atom. The Labute approximate surface area is 104 Å². The van der Waals surface area contributed by atoms with Crippen LogP contribution < -0.4 is 16.8 Å². The first-order valence-corrected chi connectivity index (χ1v) is 5.26. The number of nitrogens with one attached hydrogen (secondary N) is 1. The average Bonchev–Trinajstić information content (AvgIpc) is 2.34.